The summed E-state index contributed by atoms with van der Waals surface area (Å²) in [6, 6.07) is 0. The zero-order valence-electron chi connectivity index (χ0n) is 8.15. The highest BCUT2D eigenvalue weighted by Crippen LogP contribution is 2.03. The number of rotatable bonds is 2. The average Bonchev–Trinajstić information content (AvgIpc) is 1.86. The number of allylic oxidation sites excluding steroid dienone is 4. The van der Waals surface area contributed by atoms with E-state index in [1.807, 2.05) is 13.8 Å². The molecule has 0 aliphatic rings. The molecule has 0 atom stereocenters. The topological polar surface area (TPSA) is 0 Å². The first-order chi connectivity index (χ1) is 5.41. The smallest absolute Gasteiger partial charge is 0.0872 e. The molecule has 0 amide bonds. The van der Waals surface area contributed by atoms with Crippen molar-refractivity contribution in [1.29, 1.82) is 0 Å². The molecular formula is C11H17F. The van der Waals surface area contributed by atoms with Gasteiger partial charge in [-0.25, -0.2) is 4.39 Å². The molecule has 0 spiro atoms. The van der Waals surface area contributed by atoms with Crippen molar-refractivity contribution in [2.45, 2.75) is 20.8 Å². The molecule has 0 aliphatic carbocycles. The van der Waals surface area contributed by atoms with Gasteiger partial charge in [0, 0.05) is 0 Å². The molecule has 0 fully saturated rings. The lowest BCUT2D eigenvalue weighted by Gasteiger charge is -1.91. The molecule has 0 nitrogen and oxygen atoms in total. The first kappa shape index (κ1) is 13.5. The molecule has 68 valence electrons. The lowest BCUT2D eigenvalue weighted by molar-refractivity contribution is 0.720. The predicted molar refractivity (Wildman–Crippen MR) is 54.7 cm³/mol. The van der Waals surface area contributed by atoms with Gasteiger partial charge in [0.15, 0.2) is 0 Å². The van der Waals surface area contributed by atoms with Crippen LogP contribution in [-0.2, 0) is 0 Å². The van der Waals surface area contributed by atoms with Crippen LogP contribution in [0.15, 0.2) is 48.9 Å². The van der Waals surface area contributed by atoms with Crippen molar-refractivity contribution >= 4 is 0 Å². The molecule has 0 N–H and O–H groups in total. The van der Waals surface area contributed by atoms with Crippen molar-refractivity contribution in [3.8, 4) is 0 Å². The van der Waals surface area contributed by atoms with E-state index >= 15 is 0 Å². The summed E-state index contributed by atoms with van der Waals surface area (Å²) in [5, 5.41) is 0. The minimum Gasteiger partial charge on any atom is -0.216 e. The van der Waals surface area contributed by atoms with Crippen LogP contribution < -0.4 is 0 Å². The summed E-state index contributed by atoms with van der Waals surface area (Å²) in [4.78, 5) is 0. The fraction of sp³-hybridized carbons (Fsp3) is 0.273. The highest BCUT2D eigenvalue weighted by molar-refractivity contribution is 5.32. The zero-order chi connectivity index (χ0) is 10.1. The second-order valence-corrected chi connectivity index (χ2v) is 2.81. The van der Waals surface area contributed by atoms with Gasteiger partial charge in [0.1, 0.15) is 0 Å². The Kier molecular flexibility index (Phi) is 8.98. The largest absolute Gasteiger partial charge is 0.216 e. The molecule has 0 aromatic heterocycles. The van der Waals surface area contributed by atoms with Gasteiger partial charge in [-0.2, -0.15) is 0 Å². The van der Waals surface area contributed by atoms with E-state index in [1.165, 1.54) is 11.6 Å². The maximum Gasteiger partial charge on any atom is 0.0872 e. The van der Waals surface area contributed by atoms with Crippen molar-refractivity contribution in [3.63, 3.8) is 0 Å². The SMILES string of the molecule is C=C(C)C.C=C(C)C(=C)/C=C/F. The van der Waals surface area contributed by atoms with E-state index in [0.717, 1.165) is 5.57 Å². The van der Waals surface area contributed by atoms with E-state index < -0.39 is 0 Å². The van der Waals surface area contributed by atoms with Crippen molar-refractivity contribution in [2.75, 3.05) is 0 Å². The number of halogens is 1. The third-order valence-electron chi connectivity index (χ3n) is 0.812. The molecule has 0 rings (SSSR count). The molecule has 0 aromatic carbocycles. The van der Waals surface area contributed by atoms with Gasteiger partial charge in [0.25, 0.3) is 0 Å². The van der Waals surface area contributed by atoms with Gasteiger partial charge < -0.3 is 0 Å². The van der Waals surface area contributed by atoms with Gasteiger partial charge in [0.05, 0.1) is 6.33 Å². The monoisotopic (exact) mass is 168 g/mol. The zero-order valence-corrected chi connectivity index (χ0v) is 8.15. The first-order valence-corrected chi connectivity index (χ1v) is 3.65. The highest BCUT2D eigenvalue weighted by Gasteiger charge is 1.84. The minimum absolute atomic E-state index is 0.455. The summed E-state index contributed by atoms with van der Waals surface area (Å²) in [5.41, 5.74) is 2.59. The van der Waals surface area contributed by atoms with Crippen LogP contribution in [0.5, 0.6) is 0 Å². The molecule has 0 heterocycles. The molecule has 1 heteroatoms. The summed E-state index contributed by atoms with van der Waals surface area (Å²) in [7, 11) is 0. The third kappa shape index (κ3) is 16.0. The summed E-state index contributed by atoms with van der Waals surface area (Å²) in [5.74, 6) is 0. The van der Waals surface area contributed by atoms with Gasteiger partial charge in [-0.15, -0.1) is 6.58 Å². The van der Waals surface area contributed by atoms with E-state index in [1.54, 1.807) is 6.92 Å². The van der Waals surface area contributed by atoms with Crippen LogP contribution >= 0.6 is 0 Å². The number of hydrogen-bond acceptors (Lipinski definition) is 0. The Bertz CT molecular complexity index is 193. The Labute approximate surface area is 74.8 Å². The molecule has 0 unspecified atom stereocenters. The van der Waals surface area contributed by atoms with Crippen LogP contribution in [0.1, 0.15) is 20.8 Å². The second kappa shape index (κ2) is 7.99. The molecular weight excluding hydrogens is 151 g/mol. The fourth-order valence-corrected chi connectivity index (χ4v) is 0.218. The van der Waals surface area contributed by atoms with E-state index in [4.69, 9.17) is 0 Å². The summed E-state index contributed by atoms with van der Waals surface area (Å²) < 4.78 is 11.3. The Balaban J connectivity index is 0. The molecule has 0 aliphatic heterocycles. The second-order valence-electron chi connectivity index (χ2n) is 2.81. The summed E-state index contributed by atoms with van der Waals surface area (Å²) in [6.45, 7) is 16.4. The van der Waals surface area contributed by atoms with Crippen molar-refractivity contribution in [1.82, 2.24) is 0 Å². The van der Waals surface area contributed by atoms with Crippen molar-refractivity contribution in [3.05, 3.63) is 48.9 Å². The van der Waals surface area contributed by atoms with E-state index in [-0.39, 0.29) is 0 Å². The summed E-state index contributed by atoms with van der Waals surface area (Å²) >= 11 is 0. The maximum absolute atomic E-state index is 11.3. The van der Waals surface area contributed by atoms with E-state index in [2.05, 4.69) is 19.7 Å². The Hall–Kier alpha value is -1.11. The van der Waals surface area contributed by atoms with Gasteiger partial charge in [-0.3, -0.25) is 0 Å². The summed E-state index contributed by atoms with van der Waals surface area (Å²) in [6.07, 6.45) is 1.74. The first-order valence-electron chi connectivity index (χ1n) is 3.65. The lowest BCUT2D eigenvalue weighted by atomic mass is 10.2. The highest BCUT2D eigenvalue weighted by atomic mass is 19.1. The van der Waals surface area contributed by atoms with Gasteiger partial charge in [-0.1, -0.05) is 24.3 Å². The van der Waals surface area contributed by atoms with Crippen LogP contribution in [0.2, 0.25) is 0 Å². The molecule has 0 saturated heterocycles. The Morgan fingerprint density at radius 1 is 1.08 bits per heavy atom. The van der Waals surface area contributed by atoms with Crippen LogP contribution in [0.4, 0.5) is 4.39 Å². The quantitative estimate of drug-likeness (QED) is 0.428. The molecule has 12 heavy (non-hydrogen) atoms. The predicted octanol–water partition coefficient (Wildman–Crippen LogP) is 4.18. The Morgan fingerprint density at radius 3 is 1.50 bits per heavy atom. The Morgan fingerprint density at radius 2 is 1.42 bits per heavy atom. The normalized spacial score (nSPS) is 8.67. The van der Waals surface area contributed by atoms with Gasteiger partial charge in [0.2, 0.25) is 0 Å². The van der Waals surface area contributed by atoms with E-state index in [0.29, 0.717) is 11.9 Å². The molecule has 0 aromatic rings. The van der Waals surface area contributed by atoms with Gasteiger partial charge >= 0.3 is 0 Å². The lowest BCUT2D eigenvalue weighted by Crippen LogP contribution is -1.71. The van der Waals surface area contributed by atoms with Crippen LogP contribution in [0, 0.1) is 0 Å². The van der Waals surface area contributed by atoms with E-state index in [9.17, 15) is 4.39 Å². The average molecular weight is 168 g/mol. The van der Waals surface area contributed by atoms with Gasteiger partial charge in [-0.05, 0) is 32.4 Å². The van der Waals surface area contributed by atoms with Crippen LogP contribution in [0.3, 0.4) is 0 Å². The fourth-order valence-electron chi connectivity index (χ4n) is 0.218. The molecule has 0 bridgehead atoms. The molecule has 0 radical (unpaired) electrons. The maximum atomic E-state index is 11.3. The van der Waals surface area contributed by atoms with Crippen molar-refractivity contribution in [2.24, 2.45) is 0 Å². The van der Waals surface area contributed by atoms with Crippen molar-refractivity contribution < 1.29 is 4.39 Å². The van der Waals surface area contributed by atoms with Crippen LogP contribution in [0.25, 0.3) is 0 Å². The number of hydrogen-bond donors (Lipinski definition) is 0. The third-order valence-corrected chi connectivity index (χ3v) is 0.812. The minimum atomic E-state index is 0.455. The van der Waals surface area contributed by atoms with Crippen LogP contribution in [-0.4, -0.2) is 0 Å². The molecule has 0 saturated carbocycles. The standard InChI is InChI=1S/C7H9F.C4H8/c1-6(2)7(3)4-5-8;1-4(2)3/h4-5H,1,3H2,2H3;1H2,2-3H3/b5-4+;.